The molecule has 14 heavy (non-hydrogen) atoms. The summed E-state index contributed by atoms with van der Waals surface area (Å²) >= 11 is 0. The summed E-state index contributed by atoms with van der Waals surface area (Å²) < 4.78 is 0. The molecule has 1 aliphatic heterocycles. The number of aliphatic hydroxyl groups is 1. The quantitative estimate of drug-likeness (QED) is 0.675. The average molecular weight is 198 g/mol. The fourth-order valence-electron chi connectivity index (χ4n) is 2.18. The third-order valence-electron chi connectivity index (χ3n) is 3.17. The van der Waals surface area contributed by atoms with Gasteiger partial charge in [-0.3, -0.25) is 9.69 Å². The minimum Gasteiger partial charge on any atom is -0.396 e. The molecule has 1 saturated heterocycles. The van der Waals surface area contributed by atoms with Gasteiger partial charge in [0.25, 0.3) is 0 Å². The highest BCUT2D eigenvalue weighted by Gasteiger charge is 2.40. The van der Waals surface area contributed by atoms with Crippen LogP contribution in [0.1, 0.15) is 19.3 Å². The SMILES string of the molecule is CN1CCN(C2CC2)C(CCO)C1=O. The topological polar surface area (TPSA) is 43.8 Å². The van der Waals surface area contributed by atoms with Gasteiger partial charge < -0.3 is 10.0 Å². The second kappa shape index (κ2) is 3.87. The molecule has 2 fully saturated rings. The van der Waals surface area contributed by atoms with E-state index in [0.29, 0.717) is 12.5 Å². The van der Waals surface area contributed by atoms with Crippen molar-refractivity contribution in [2.24, 2.45) is 0 Å². The third kappa shape index (κ3) is 1.77. The van der Waals surface area contributed by atoms with Crippen molar-refractivity contribution in [2.45, 2.75) is 31.3 Å². The van der Waals surface area contributed by atoms with E-state index in [1.54, 1.807) is 4.90 Å². The zero-order valence-corrected chi connectivity index (χ0v) is 8.65. The van der Waals surface area contributed by atoms with Crippen LogP contribution in [0.25, 0.3) is 0 Å². The summed E-state index contributed by atoms with van der Waals surface area (Å²) in [5.41, 5.74) is 0. The highest BCUT2D eigenvalue weighted by molar-refractivity contribution is 5.82. The molecule has 1 amide bonds. The lowest BCUT2D eigenvalue weighted by atomic mass is 10.1. The number of carbonyl (C=O) groups is 1. The zero-order chi connectivity index (χ0) is 10.1. The molecule has 1 atom stereocenters. The van der Waals surface area contributed by atoms with Crippen molar-refractivity contribution in [3.8, 4) is 0 Å². The van der Waals surface area contributed by atoms with Crippen molar-refractivity contribution in [3.63, 3.8) is 0 Å². The Kier molecular flexibility index (Phi) is 2.74. The van der Waals surface area contributed by atoms with Gasteiger partial charge in [-0.1, -0.05) is 0 Å². The van der Waals surface area contributed by atoms with E-state index in [9.17, 15) is 4.79 Å². The number of likely N-dealkylation sites (N-methyl/N-ethyl adjacent to an activating group) is 1. The summed E-state index contributed by atoms with van der Waals surface area (Å²) in [4.78, 5) is 15.9. The van der Waals surface area contributed by atoms with Crippen LogP contribution in [-0.2, 0) is 4.79 Å². The molecule has 0 bridgehead atoms. The number of aliphatic hydroxyl groups excluding tert-OH is 1. The Labute approximate surface area is 84.5 Å². The Morgan fingerprint density at radius 2 is 2.14 bits per heavy atom. The van der Waals surface area contributed by atoms with Crippen molar-refractivity contribution in [1.29, 1.82) is 0 Å². The molecule has 0 aromatic rings. The minimum absolute atomic E-state index is 0.0637. The van der Waals surface area contributed by atoms with Crippen LogP contribution in [0.2, 0.25) is 0 Å². The first-order valence-electron chi connectivity index (χ1n) is 5.35. The van der Waals surface area contributed by atoms with E-state index in [1.165, 1.54) is 12.8 Å². The van der Waals surface area contributed by atoms with E-state index in [4.69, 9.17) is 5.11 Å². The Morgan fingerprint density at radius 3 is 2.71 bits per heavy atom. The molecule has 0 aromatic heterocycles. The Bertz CT molecular complexity index is 228. The van der Waals surface area contributed by atoms with Gasteiger partial charge in [-0.2, -0.15) is 0 Å². The predicted octanol–water partition coefficient (Wildman–Crippen LogP) is -0.326. The maximum absolute atomic E-state index is 11.8. The van der Waals surface area contributed by atoms with Gasteiger partial charge in [0, 0.05) is 32.8 Å². The van der Waals surface area contributed by atoms with Crippen molar-refractivity contribution in [1.82, 2.24) is 9.80 Å². The summed E-state index contributed by atoms with van der Waals surface area (Å²) in [6.07, 6.45) is 3.03. The lowest BCUT2D eigenvalue weighted by molar-refractivity contribution is -0.141. The number of rotatable bonds is 3. The smallest absolute Gasteiger partial charge is 0.239 e. The van der Waals surface area contributed by atoms with Crippen LogP contribution in [0.5, 0.6) is 0 Å². The van der Waals surface area contributed by atoms with E-state index in [2.05, 4.69) is 4.90 Å². The minimum atomic E-state index is -0.0637. The molecule has 4 heteroatoms. The molecule has 0 aromatic carbocycles. The van der Waals surface area contributed by atoms with E-state index in [-0.39, 0.29) is 18.6 Å². The average Bonchev–Trinajstić information content (AvgIpc) is 2.97. The highest BCUT2D eigenvalue weighted by atomic mass is 16.3. The second-order valence-electron chi connectivity index (χ2n) is 4.26. The standard InChI is InChI=1S/C10H18N2O2/c1-11-5-6-12(8-2-3-8)9(4-7-13)10(11)14/h8-9,13H,2-7H2,1H3. The molecule has 1 saturated carbocycles. The van der Waals surface area contributed by atoms with Crippen LogP contribution >= 0.6 is 0 Å². The van der Waals surface area contributed by atoms with Crippen LogP contribution < -0.4 is 0 Å². The summed E-state index contributed by atoms with van der Waals surface area (Å²) in [6.45, 7) is 1.91. The fraction of sp³-hybridized carbons (Fsp3) is 0.900. The number of carbonyl (C=O) groups excluding carboxylic acids is 1. The van der Waals surface area contributed by atoms with Crippen LogP contribution in [0, 0.1) is 0 Å². The first-order chi connectivity index (χ1) is 6.74. The van der Waals surface area contributed by atoms with Gasteiger partial charge in [0.15, 0.2) is 0 Å². The highest BCUT2D eigenvalue weighted by Crippen LogP contribution is 2.31. The van der Waals surface area contributed by atoms with Gasteiger partial charge in [0.05, 0.1) is 6.04 Å². The lowest BCUT2D eigenvalue weighted by Gasteiger charge is -2.39. The molecule has 4 nitrogen and oxygen atoms in total. The predicted molar refractivity (Wildman–Crippen MR) is 52.9 cm³/mol. The van der Waals surface area contributed by atoms with Gasteiger partial charge in [-0.15, -0.1) is 0 Å². The molecule has 2 aliphatic rings. The zero-order valence-electron chi connectivity index (χ0n) is 8.65. The largest absolute Gasteiger partial charge is 0.396 e. The van der Waals surface area contributed by atoms with Crippen molar-refractivity contribution in [3.05, 3.63) is 0 Å². The Hall–Kier alpha value is -0.610. The van der Waals surface area contributed by atoms with Gasteiger partial charge in [-0.25, -0.2) is 0 Å². The van der Waals surface area contributed by atoms with E-state index in [0.717, 1.165) is 13.1 Å². The molecule has 0 radical (unpaired) electrons. The van der Waals surface area contributed by atoms with Crippen LogP contribution in [0.4, 0.5) is 0 Å². The van der Waals surface area contributed by atoms with E-state index >= 15 is 0 Å². The molecule has 1 unspecified atom stereocenters. The summed E-state index contributed by atoms with van der Waals surface area (Å²) in [6, 6.07) is 0.551. The second-order valence-corrected chi connectivity index (χ2v) is 4.26. The number of nitrogens with zero attached hydrogens (tertiary/aromatic N) is 2. The van der Waals surface area contributed by atoms with E-state index in [1.807, 2.05) is 7.05 Å². The number of piperazine rings is 1. The van der Waals surface area contributed by atoms with Gasteiger partial charge in [0.1, 0.15) is 0 Å². The lowest BCUT2D eigenvalue weighted by Crippen LogP contribution is -2.56. The number of hydrogen-bond acceptors (Lipinski definition) is 3. The van der Waals surface area contributed by atoms with Crippen molar-refractivity contribution >= 4 is 5.91 Å². The summed E-state index contributed by atoms with van der Waals surface area (Å²) in [5.74, 6) is 0.178. The molecular weight excluding hydrogens is 180 g/mol. The van der Waals surface area contributed by atoms with Crippen molar-refractivity contribution in [2.75, 3.05) is 26.7 Å². The Morgan fingerprint density at radius 1 is 1.43 bits per heavy atom. The van der Waals surface area contributed by atoms with Crippen LogP contribution in [-0.4, -0.2) is 59.6 Å². The molecule has 1 N–H and O–H groups in total. The van der Waals surface area contributed by atoms with Gasteiger partial charge >= 0.3 is 0 Å². The molecule has 0 spiro atoms. The molecule has 1 aliphatic carbocycles. The van der Waals surface area contributed by atoms with Gasteiger partial charge in [0.2, 0.25) is 5.91 Å². The molecule has 80 valence electrons. The van der Waals surface area contributed by atoms with Gasteiger partial charge in [-0.05, 0) is 19.3 Å². The van der Waals surface area contributed by atoms with Crippen LogP contribution in [0.15, 0.2) is 0 Å². The van der Waals surface area contributed by atoms with E-state index < -0.39 is 0 Å². The molecule has 2 rings (SSSR count). The third-order valence-corrected chi connectivity index (χ3v) is 3.17. The summed E-state index contributed by atoms with van der Waals surface area (Å²) in [7, 11) is 1.84. The maximum atomic E-state index is 11.8. The number of hydrogen-bond donors (Lipinski definition) is 1. The molecular formula is C10H18N2O2. The molecule has 1 heterocycles. The fourth-order valence-corrected chi connectivity index (χ4v) is 2.18. The first kappa shape index (κ1) is 9.93. The van der Waals surface area contributed by atoms with Crippen LogP contribution in [0.3, 0.4) is 0 Å². The van der Waals surface area contributed by atoms with Crippen molar-refractivity contribution < 1.29 is 9.90 Å². The normalized spacial score (nSPS) is 29.7. The maximum Gasteiger partial charge on any atom is 0.239 e. The Balaban J connectivity index is 2.04. The summed E-state index contributed by atoms with van der Waals surface area (Å²) in [5, 5.41) is 8.95. The monoisotopic (exact) mass is 198 g/mol. The number of amides is 1. The first-order valence-corrected chi connectivity index (χ1v) is 5.35.